The molecule has 0 aromatic carbocycles. The van der Waals surface area contributed by atoms with Gasteiger partial charge in [0.15, 0.2) is 0 Å². The van der Waals surface area contributed by atoms with Crippen LogP contribution in [-0.2, 0) is 9.53 Å². The maximum absolute atomic E-state index is 12.1. The Hall–Kier alpha value is -2.79. The number of pyridine rings is 1. The molecule has 2 heterocycles. The van der Waals surface area contributed by atoms with Gasteiger partial charge < -0.3 is 14.5 Å². The predicted molar refractivity (Wildman–Crippen MR) is 95.6 cm³/mol. The van der Waals surface area contributed by atoms with E-state index >= 15 is 0 Å². The molecular formula is C18H19N3O4S. The first-order chi connectivity index (χ1) is 12.5. The van der Waals surface area contributed by atoms with Crippen molar-refractivity contribution in [3.63, 3.8) is 0 Å². The van der Waals surface area contributed by atoms with Crippen molar-refractivity contribution in [1.82, 2.24) is 10.3 Å². The summed E-state index contributed by atoms with van der Waals surface area (Å²) in [6.07, 6.45) is 1.55. The molecule has 0 saturated heterocycles. The van der Waals surface area contributed by atoms with Crippen LogP contribution in [0.4, 0.5) is 0 Å². The minimum Gasteiger partial charge on any atom is -0.467 e. The molecule has 0 radical (unpaired) electrons. The van der Waals surface area contributed by atoms with Crippen molar-refractivity contribution >= 4 is 23.6 Å². The number of carbonyl (C=O) groups excluding carboxylic acids is 2. The third-order valence-electron chi connectivity index (χ3n) is 3.48. The Morgan fingerprint density at radius 1 is 1.50 bits per heavy atom. The highest BCUT2D eigenvalue weighted by molar-refractivity contribution is 8.00. The van der Waals surface area contributed by atoms with Crippen LogP contribution in [0.3, 0.4) is 0 Å². The first-order valence-corrected chi connectivity index (χ1v) is 8.99. The fourth-order valence-corrected chi connectivity index (χ4v) is 3.03. The Kier molecular flexibility index (Phi) is 6.81. The highest BCUT2D eigenvalue weighted by Gasteiger charge is 2.18. The van der Waals surface area contributed by atoms with Gasteiger partial charge in [0.1, 0.15) is 16.9 Å². The quantitative estimate of drug-likeness (QED) is 0.587. The lowest BCUT2D eigenvalue weighted by Gasteiger charge is -2.12. The van der Waals surface area contributed by atoms with E-state index in [-0.39, 0.29) is 35.4 Å². The summed E-state index contributed by atoms with van der Waals surface area (Å²) in [5.74, 6) is 0.0198. The lowest BCUT2D eigenvalue weighted by atomic mass is 10.1. The number of furan rings is 1. The number of esters is 1. The number of aryl methyl sites for hydroxylation is 1. The third kappa shape index (κ3) is 4.86. The number of aromatic nitrogens is 1. The van der Waals surface area contributed by atoms with E-state index in [4.69, 9.17) is 9.15 Å². The molecule has 0 aliphatic carbocycles. The van der Waals surface area contributed by atoms with Gasteiger partial charge in [0.05, 0.1) is 41.5 Å². The first-order valence-electron chi connectivity index (χ1n) is 8.00. The SMILES string of the molecule is CCOC(=O)c1cc(C#N)c(SCC(=O)NC(C)c2ccco2)nc1C. The summed E-state index contributed by atoms with van der Waals surface area (Å²) in [5.41, 5.74) is 0.938. The summed E-state index contributed by atoms with van der Waals surface area (Å²) in [6.45, 7) is 5.43. The number of hydrogen-bond acceptors (Lipinski definition) is 7. The van der Waals surface area contributed by atoms with Gasteiger partial charge in [0.2, 0.25) is 5.91 Å². The van der Waals surface area contributed by atoms with Crippen LogP contribution in [0, 0.1) is 18.3 Å². The van der Waals surface area contributed by atoms with E-state index < -0.39 is 5.97 Å². The lowest BCUT2D eigenvalue weighted by molar-refractivity contribution is -0.119. The van der Waals surface area contributed by atoms with Crippen LogP contribution in [0.15, 0.2) is 33.9 Å². The molecule has 0 bridgehead atoms. The molecule has 2 rings (SSSR count). The molecule has 1 amide bonds. The number of carbonyl (C=O) groups is 2. The third-order valence-corrected chi connectivity index (χ3v) is 4.47. The molecule has 1 N–H and O–H groups in total. The minimum absolute atomic E-state index is 0.0882. The number of rotatable bonds is 7. The summed E-state index contributed by atoms with van der Waals surface area (Å²) in [7, 11) is 0. The molecule has 8 heteroatoms. The molecule has 2 aromatic heterocycles. The van der Waals surface area contributed by atoms with Gasteiger partial charge in [-0.1, -0.05) is 11.8 Å². The van der Waals surface area contributed by atoms with Gasteiger partial charge in [-0.25, -0.2) is 9.78 Å². The predicted octanol–water partition coefficient (Wildman–Crippen LogP) is 3.00. The van der Waals surface area contributed by atoms with Gasteiger partial charge in [0.25, 0.3) is 0 Å². The Morgan fingerprint density at radius 3 is 2.88 bits per heavy atom. The molecule has 0 aliphatic rings. The van der Waals surface area contributed by atoms with E-state index in [1.165, 1.54) is 6.07 Å². The average molecular weight is 373 g/mol. The van der Waals surface area contributed by atoms with Crippen LogP contribution in [0.2, 0.25) is 0 Å². The van der Waals surface area contributed by atoms with Crippen molar-refractivity contribution < 1.29 is 18.7 Å². The molecule has 1 atom stereocenters. The van der Waals surface area contributed by atoms with E-state index in [2.05, 4.69) is 10.3 Å². The van der Waals surface area contributed by atoms with Crippen LogP contribution in [0.1, 0.15) is 47.3 Å². The highest BCUT2D eigenvalue weighted by Crippen LogP contribution is 2.23. The van der Waals surface area contributed by atoms with Gasteiger partial charge in [-0.05, 0) is 39.0 Å². The second-order valence-corrected chi connectivity index (χ2v) is 6.36. The van der Waals surface area contributed by atoms with Crippen LogP contribution in [0.5, 0.6) is 0 Å². The highest BCUT2D eigenvalue weighted by atomic mass is 32.2. The number of thioether (sulfide) groups is 1. The van der Waals surface area contributed by atoms with E-state index in [1.807, 2.05) is 13.0 Å². The average Bonchev–Trinajstić information content (AvgIpc) is 3.15. The Labute approximate surface area is 155 Å². The first kappa shape index (κ1) is 19.5. The number of ether oxygens (including phenoxy) is 1. The molecule has 1 unspecified atom stereocenters. The van der Waals surface area contributed by atoms with Crippen molar-refractivity contribution in [3.05, 3.63) is 47.0 Å². The van der Waals surface area contributed by atoms with E-state index in [9.17, 15) is 14.9 Å². The zero-order valence-corrected chi connectivity index (χ0v) is 15.6. The second-order valence-electron chi connectivity index (χ2n) is 5.40. The largest absolute Gasteiger partial charge is 0.467 e. The fraction of sp³-hybridized carbons (Fsp3) is 0.333. The van der Waals surface area contributed by atoms with Crippen LogP contribution in [-0.4, -0.2) is 29.2 Å². The Bertz CT molecular complexity index is 828. The van der Waals surface area contributed by atoms with Crippen molar-refractivity contribution in [2.45, 2.75) is 31.8 Å². The summed E-state index contributed by atoms with van der Waals surface area (Å²) >= 11 is 1.14. The van der Waals surface area contributed by atoms with Crippen molar-refractivity contribution in [2.75, 3.05) is 12.4 Å². The van der Waals surface area contributed by atoms with Crippen LogP contribution < -0.4 is 5.32 Å². The van der Waals surface area contributed by atoms with Gasteiger partial charge >= 0.3 is 5.97 Å². The Morgan fingerprint density at radius 2 is 2.27 bits per heavy atom. The van der Waals surface area contributed by atoms with Gasteiger partial charge in [-0.15, -0.1) is 0 Å². The molecule has 0 aliphatic heterocycles. The van der Waals surface area contributed by atoms with Gasteiger partial charge in [0, 0.05) is 0 Å². The van der Waals surface area contributed by atoms with Crippen molar-refractivity contribution in [1.29, 1.82) is 5.26 Å². The fourth-order valence-electron chi connectivity index (χ4n) is 2.21. The van der Waals surface area contributed by atoms with Crippen LogP contribution in [0.25, 0.3) is 0 Å². The monoisotopic (exact) mass is 373 g/mol. The molecule has 0 saturated carbocycles. The summed E-state index contributed by atoms with van der Waals surface area (Å²) in [6, 6.07) is 6.74. The standard InChI is InChI=1S/C18H19N3O4S/c1-4-24-18(23)14-8-13(9-19)17(21-11(14)2)26-10-16(22)20-12(3)15-6-5-7-25-15/h5-8,12H,4,10H2,1-3H3,(H,20,22). The topological polar surface area (TPSA) is 105 Å². The molecular weight excluding hydrogens is 354 g/mol. The number of nitriles is 1. The Balaban J connectivity index is 2.05. The number of amides is 1. The molecule has 136 valence electrons. The second kappa shape index (κ2) is 9.06. The number of hydrogen-bond donors (Lipinski definition) is 1. The molecule has 26 heavy (non-hydrogen) atoms. The van der Waals surface area contributed by atoms with E-state index in [1.54, 1.807) is 32.2 Å². The summed E-state index contributed by atoms with van der Waals surface area (Å²) in [4.78, 5) is 28.3. The molecule has 0 spiro atoms. The van der Waals surface area contributed by atoms with Gasteiger partial charge in [-0.2, -0.15) is 5.26 Å². The van der Waals surface area contributed by atoms with E-state index in [0.717, 1.165) is 11.8 Å². The number of nitrogens with zero attached hydrogens (tertiary/aromatic N) is 2. The van der Waals surface area contributed by atoms with Crippen molar-refractivity contribution in [3.8, 4) is 6.07 Å². The van der Waals surface area contributed by atoms with Crippen molar-refractivity contribution in [2.24, 2.45) is 0 Å². The zero-order chi connectivity index (χ0) is 19.1. The molecule has 7 nitrogen and oxygen atoms in total. The summed E-state index contributed by atoms with van der Waals surface area (Å²) < 4.78 is 10.2. The number of nitrogens with one attached hydrogen (secondary N) is 1. The molecule has 0 fully saturated rings. The summed E-state index contributed by atoms with van der Waals surface area (Å²) in [5, 5.41) is 12.5. The normalized spacial score (nSPS) is 11.5. The zero-order valence-electron chi connectivity index (χ0n) is 14.7. The lowest BCUT2D eigenvalue weighted by Crippen LogP contribution is -2.28. The maximum Gasteiger partial charge on any atom is 0.340 e. The van der Waals surface area contributed by atoms with Gasteiger partial charge in [-0.3, -0.25) is 4.79 Å². The molecule has 2 aromatic rings. The minimum atomic E-state index is -0.518. The van der Waals surface area contributed by atoms with Crippen LogP contribution >= 0.6 is 11.8 Å². The van der Waals surface area contributed by atoms with E-state index in [0.29, 0.717) is 16.5 Å². The maximum atomic E-state index is 12.1. The smallest absolute Gasteiger partial charge is 0.340 e.